The van der Waals surface area contributed by atoms with Gasteiger partial charge in [-0.25, -0.2) is 13.6 Å². The standard InChI is InChI=1S/C29H36F2N4O5/c1-16(2)22-20(30)10-18(11-21(22)31)29(38,28(8)14-35(15-28)25(36)39-26(3,4)5)19-9-17(12-32-13-19)23-33-24(40-34-23)27(6,7)37/h9-13,16,37-38H,14-15H2,1-8H3. The molecule has 3 aromatic rings. The Bertz CT molecular complexity index is 1400. The van der Waals surface area contributed by atoms with Gasteiger partial charge in [-0.3, -0.25) is 4.98 Å². The van der Waals surface area contributed by atoms with E-state index in [2.05, 4.69) is 15.1 Å². The van der Waals surface area contributed by atoms with Gasteiger partial charge in [-0.05, 0) is 64.3 Å². The number of halogens is 2. The van der Waals surface area contributed by atoms with E-state index in [4.69, 9.17) is 9.26 Å². The normalized spacial score (nSPS) is 17.0. The molecule has 2 aromatic heterocycles. The number of carbonyl (C=O) groups is 1. The number of pyridine rings is 1. The lowest BCUT2D eigenvalue weighted by atomic mass is 9.62. The van der Waals surface area contributed by atoms with Gasteiger partial charge in [0.05, 0.1) is 0 Å². The summed E-state index contributed by atoms with van der Waals surface area (Å²) in [5.74, 6) is -1.90. The maximum absolute atomic E-state index is 15.3. The first kappa shape index (κ1) is 29.5. The van der Waals surface area contributed by atoms with Crippen LogP contribution in [0.4, 0.5) is 13.6 Å². The van der Waals surface area contributed by atoms with Gasteiger partial charge in [0.25, 0.3) is 5.89 Å². The van der Waals surface area contributed by atoms with Gasteiger partial charge in [-0.2, -0.15) is 4.98 Å². The first-order valence-corrected chi connectivity index (χ1v) is 13.1. The zero-order valence-electron chi connectivity index (χ0n) is 24.0. The molecule has 9 nitrogen and oxygen atoms in total. The van der Waals surface area contributed by atoms with E-state index in [1.54, 1.807) is 47.6 Å². The second-order valence-corrected chi connectivity index (χ2v) is 12.6. The largest absolute Gasteiger partial charge is 0.444 e. The van der Waals surface area contributed by atoms with Crippen molar-refractivity contribution in [3.8, 4) is 11.4 Å². The van der Waals surface area contributed by atoms with E-state index in [1.807, 2.05) is 0 Å². The lowest BCUT2D eigenvalue weighted by Crippen LogP contribution is -2.66. The number of nitrogens with zero attached hydrogens (tertiary/aromatic N) is 4. The predicted octanol–water partition coefficient (Wildman–Crippen LogP) is 5.25. The lowest BCUT2D eigenvalue weighted by Gasteiger charge is -2.56. The van der Waals surface area contributed by atoms with Crippen LogP contribution >= 0.6 is 0 Å². The zero-order valence-corrected chi connectivity index (χ0v) is 24.0. The number of ether oxygens (including phenoxy) is 1. The van der Waals surface area contributed by atoms with Crippen molar-refractivity contribution in [2.45, 2.75) is 78.1 Å². The molecule has 2 N–H and O–H groups in total. The van der Waals surface area contributed by atoms with Crippen LogP contribution in [0.1, 0.15) is 83.9 Å². The van der Waals surface area contributed by atoms with E-state index in [0.29, 0.717) is 5.56 Å². The monoisotopic (exact) mass is 558 g/mol. The summed E-state index contributed by atoms with van der Waals surface area (Å²) >= 11 is 0. The quantitative estimate of drug-likeness (QED) is 0.421. The first-order chi connectivity index (χ1) is 18.4. The highest BCUT2D eigenvalue weighted by molar-refractivity contribution is 5.70. The van der Waals surface area contributed by atoms with E-state index in [0.717, 1.165) is 12.1 Å². The lowest BCUT2D eigenvalue weighted by molar-refractivity contribution is -0.132. The van der Waals surface area contributed by atoms with Gasteiger partial charge < -0.3 is 24.4 Å². The highest BCUT2D eigenvalue weighted by Gasteiger charge is 2.58. The molecule has 0 saturated carbocycles. The summed E-state index contributed by atoms with van der Waals surface area (Å²) in [7, 11) is 0. The average Bonchev–Trinajstić information content (AvgIpc) is 3.31. The molecule has 1 amide bonds. The van der Waals surface area contributed by atoms with Crippen LogP contribution in [0.2, 0.25) is 0 Å². The van der Waals surface area contributed by atoms with Crippen LogP contribution in [0.25, 0.3) is 11.4 Å². The second-order valence-electron chi connectivity index (χ2n) is 12.6. The summed E-state index contributed by atoms with van der Waals surface area (Å²) in [6.07, 6.45) is 2.29. The van der Waals surface area contributed by atoms with Crippen molar-refractivity contribution < 1.29 is 33.0 Å². The van der Waals surface area contributed by atoms with Crippen LogP contribution in [0.5, 0.6) is 0 Å². The molecule has 0 bridgehead atoms. The highest BCUT2D eigenvalue weighted by Crippen LogP contribution is 2.51. The van der Waals surface area contributed by atoms with Crippen LogP contribution in [0.15, 0.2) is 35.1 Å². The third-order valence-electron chi connectivity index (χ3n) is 7.04. The molecule has 4 rings (SSSR count). The minimum atomic E-state index is -1.99. The van der Waals surface area contributed by atoms with E-state index in [9.17, 15) is 15.0 Å². The highest BCUT2D eigenvalue weighted by atomic mass is 19.1. The van der Waals surface area contributed by atoms with Crippen molar-refractivity contribution in [2.75, 3.05) is 13.1 Å². The number of benzene rings is 1. The van der Waals surface area contributed by atoms with Crippen molar-refractivity contribution in [2.24, 2.45) is 5.41 Å². The Morgan fingerprint density at radius 1 is 1.05 bits per heavy atom. The minimum absolute atomic E-state index is 0.0180. The number of likely N-dealkylation sites (tertiary alicyclic amines) is 1. The third kappa shape index (κ3) is 5.32. The van der Waals surface area contributed by atoms with E-state index < -0.39 is 45.9 Å². The minimum Gasteiger partial charge on any atom is -0.444 e. The molecule has 0 aliphatic carbocycles. The number of hydrogen-bond donors (Lipinski definition) is 2. The van der Waals surface area contributed by atoms with Gasteiger partial charge in [0, 0.05) is 47.6 Å². The molecule has 1 aliphatic rings. The van der Waals surface area contributed by atoms with Gasteiger partial charge in [0.2, 0.25) is 5.82 Å². The van der Waals surface area contributed by atoms with Crippen LogP contribution in [-0.2, 0) is 15.9 Å². The van der Waals surface area contributed by atoms with Gasteiger partial charge in [0.15, 0.2) is 0 Å². The third-order valence-corrected chi connectivity index (χ3v) is 7.04. The molecule has 0 spiro atoms. The molecule has 216 valence electrons. The van der Waals surface area contributed by atoms with Gasteiger partial charge in [-0.1, -0.05) is 25.9 Å². The zero-order chi connectivity index (χ0) is 29.8. The van der Waals surface area contributed by atoms with Crippen molar-refractivity contribution in [3.63, 3.8) is 0 Å². The summed E-state index contributed by atoms with van der Waals surface area (Å²) in [6, 6.07) is 3.82. The molecule has 1 aliphatic heterocycles. The molecular formula is C29H36F2N4O5. The Hall–Kier alpha value is -3.44. The molecule has 0 radical (unpaired) electrons. The molecule has 1 atom stereocenters. The summed E-state index contributed by atoms with van der Waals surface area (Å²) in [6.45, 7) is 13.4. The number of rotatable bonds is 6. The summed E-state index contributed by atoms with van der Waals surface area (Å²) in [4.78, 5) is 22.6. The average molecular weight is 559 g/mol. The van der Waals surface area contributed by atoms with Crippen LogP contribution in [0.3, 0.4) is 0 Å². The number of carbonyl (C=O) groups excluding carboxylic acids is 1. The Labute approximate surface area is 232 Å². The number of aromatic nitrogens is 3. The Balaban J connectivity index is 1.82. The molecular weight excluding hydrogens is 522 g/mol. The molecule has 11 heteroatoms. The van der Waals surface area contributed by atoms with Crippen LogP contribution < -0.4 is 0 Å². The molecule has 1 saturated heterocycles. The molecule has 1 aromatic carbocycles. The fraction of sp³-hybridized carbons (Fsp3) is 0.517. The summed E-state index contributed by atoms with van der Waals surface area (Å²) in [5.41, 5.74) is -4.73. The van der Waals surface area contributed by atoms with Crippen molar-refractivity contribution in [3.05, 3.63) is 64.8 Å². The Morgan fingerprint density at radius 2 is 1.65 bits per heavy atom. The van der Waals surface area contributed by atoms with Crippen LogP contribution in [0, 0.1) is 17.0 Å². The van der Waals surface area contributed by atoms with Crippen LogP contribution in [-0.4, -0.2) is 55.0 Å². The van der Waals surface area contributed by atoms with Crippen molar-refractivity contribution >= 4 is 6.09 Å². The number of amides is 1. The Morgan fingerprint density at radius 3 is 2.15 bits per heavy atom. The number of hydrogen-bond acceptors (Lipinski definition) is 8. The van der Waals surface area contributed by atoms with E-state index in [-0.39, 0.29) is 41.5 Å². The smallest absolute Gasteiger partial charge is 0.410 e. The summed E-state index contributed by atoms with van der Waals surface area (Å²) < 4.78 is 41.2. The van der Waals surface area contributed by atoms with Crippen molar-refractivity contribution in [1.29, 1.82) is 0 Å². The number of aliphatic hydroxyl groups is 2. The second kappa shape index (κ2) is 9.88. The topological polar surface area (TPSA) is 122 Å². The molecule has 40 heavy (non-hydrogen) atoms. The van der Waals surface area contributed by atoms with E-state index >= 15 is 8.78 Å². The maximum atomic E-state index is 15.3. The maximum Gasteiger partial charge on any atom is 0.410 e. The fourth-order valence-electron chi connectivity index (χ4n) is 5.04. The van der Waals surface area contributed by atoms with Gasteiger partial charge in [-0.15, -0.1) is 0 Å². The molecule has 3 heterocycles. The summed E-state index contributed by atoms with van der Waals surface area (Å²) in [5, 5.41) is 26.6. The predicted molar refractivity (Wildman–Crippen MR) is 142 cm³/mol. The SMILES string of the molecule is CC(C)c1c(F)cc(C(O)(c2cncc(-c3noc(C(C)(C)O)n3)c2)C2(C)CN(C(=O)OC(C)(C)C)C2)cc1F. The fourth-order valence-corrected chi connectivity index (χ4v) is 5.04. The van der Waals surface area contributed by atoms with Crippen molar-refractivity contribution in [1.82, 2.24) is 20.0 Å². The van der Waals surface area contributed by atoms with E-state index in [1.165, 1.54) is 31.1 Å². The van der Waals surface area contributed by atoms with Gasteiger partial charge >= 0.3 is 6.09 Å². The Kier molecular flexibility index (Phi) is 7.30. The first-order valence-electron chi connectivity index (χ1n) is 13.1. The molecule has 1 unspecified atom stereocenters. The molecule has 1 fully saturated rings. The van der Waals surface area contributed by atoms with Gasteiger partial charge in [0.1, 0.15) is 28.4 Å².